The number of nitrogens with zero attached hydrogens (tertiary/aromatic N) is 2. The molecular weight excluding hydrogens is 543 g/mol. The predicted octanol–water partition coefficient (Wildman–Crippen LogP) is 5.50. The Bertz CT molecular complexity index is 1500. The summed E-state index contributed by atoms with van der Waals surface area (Å²) in [5.74, 6) is -1.06. The van der Waals surface area contributed by atoms with Gasteiger partial charge in [0, 0.05) is 35.7 Å². The number of aliphatic hydroxyl groups is 1. The Morgan fingerprint density at radius 1 is 1.05 bits per heavy atom. The summed E-state index contributed by atoms with van der Waals surface area (Å²) in [7, 11) is -3.42. The van der Waals surface area contributed by atoms with Gasteiger partial charge in [-0.1, -0.05) is 19.1 Å². The molecular formula is C29H34F3N3O4S. The molecule has 0 spiro atoms. The third-order valence-corrected chi connectivity index (χ3v) is 10.0. The minimum absolute atomic E-state index is 0.0478. The van der Waals surface area contributed by atoms with Gasteiger partial charge in [0.25, 0.3) is 5.91 Å². The van der Waals surface area contributed by atoms with Crippen LogP contribution in [0.3, 0.4) is 0 Å². The van der Waals surface area contributed by atoms with E-state index in [9.17, 15) is 31.5 Å². The van der Waals surface area contributed by atoms with Crippen molar-refractivity contribution in [3.8, 4) is 0 Å². The van der Waals surface area contributed by atoms with Crippen LogP contribution in [0.25, 0.3) is 10.9 Å². The van der Waals surface area contributed by atoms with E-state index in [1.807, 2.05) is 10.7 Å². The second-order valence-electron chi connectivity index (χ2n) is 11.0. The Labute approximate surface area is 231 Å². The molecule has 1 aromatic heterocycles. The van der Waals surface area contributed by atoms with Gasteiger partial charge in [0.05, 0.1) is 28.7 Å². The van der Waals surface area contributed by atoms with Crippen molar-refractivity contribution in [2.45, 2.75) is 82.1 Å². The zero-order chi connectivity index (χ0) is 28.7. The quantitative estimate of drug-likeness (QED) is 0.350. The summed E-state index contributed by atoms with van der Waals surface area (Å²) < 4.78 is 65.6. The zero-order valence-electron chi connectivity index (χ0n) is 22.4. The summed E-state index contributed by atoms with van der Waals surface area (Å²) in [6, 6.07) is 9.89. The van der Waals surface area contributed by atoms with Gasteiger partial charge in [-0.2, -0.15) is 18.3 Å². The fourth-order valence-electron chi connectivity index (χ4n) is 5.70. The Kier molecular flexibility index (Phi) is 7.98. The number of carbonyl (C=O) groups is 1. The Hall–Kier alpha value is -2.92. The minimum Gasteiger partial charge on any atom is -0.392 e. The summed E-state index contributed by atoms with van der Waals surface area (Å²) in [6.45, 7) is 1.89. The molecule has 0 saturated heterocycles. The second kappa shape index (κ2) is 11.2. The van der Waals surface area contributed by atoms with Crippen LogP contribution in [0.5, 0.6) is 0 Å². The van der Waals surface area contributed by atoms with E-state index in [0.717, 1.165) is 23.9 Å². The molecule has 2 N–H and O–H groups in total. The summed E-state index contributed by atoms with van der Waals surface area (Å²) in [6.07, 6.45) is -0.649. The van der Waals surface area contributed by atoms with Gasteiger partial charge in [-0.25, -0.2) is 8.42 Å². The van der Waals surface area contributed by atoms with Gasteiger partial charge >= 0.3 is 6.18 Å². The van der Waals surface area contributed by atoms with Gasteiger partial charge in [-0.15, -0.1) is 0 Å². The lowest BCUT2D eigenvalue weighted by Gasteiger charge is -2.30. The zero-order valence-corrected chi connectivity index (χ0v) is 23.2. The van der Waals surface area contributed by atoms with E-state index in [4.69, 9.17) is 5.10 Å². The molecule has 0 radical (unpaired) electrons. The van der Waals surface area contributed by atoms with Gasteiger partial charge in [-0.3, -0.25) is 9.48 Å². The Balaban J connectivity index is 1.30. The highest BCUT2D eigenvalue weighted by atomic mass is 32.2. The van der Waals surface area contributed by atoms with E-state index in [1.54, 1.807) is 25.1 Å². The van der Waals surface area contributed by atoms with Crippen molar-refractivity contribution in [2.75, 3.05) is 5.75 Å². The number of alkyl halides is 3. The van der Waals surface area contributed by atoms with Crippen LogP contribution in [0.15, 0.2) is 41.3 Å². The monoisotopic (exact) mass is 577 g/mol. The first-order valence-corrected chi connectivity index (χ1v) is 15.5. The van der Waals surface area contributed by atoms with Crippen LogP contribution in [-0.4, -0.2) is 41.1 Å². The first kappa shape index (κ1) is 28.6. The van der Waals surface area contributed by atoms with Crippen molar-refractivity contribution in [2.24, 2.45) is 11.8 Å². The largest absolute Gasteiger partial charge is 0.392 e. The molecule has 5 rings (SSSR count). The average Bonchev–Trinajstić information content (AvgIpc) is 3.71. The third-order valence-electron chi connectivity index (χ3n) is 8.27. The molecule has 216 valence electrons. The van der Waals surface area contributed by atoms with Gasteiger partial charge in [0.2, 0.25) is 0 Å². The highest BCUT2D eigenvalue weighted by Crippen LogP contribution is 2.45. The smallest absolute Gasteiger partial charge is 0.391 e. The molecule has 1 heterocycles. The molecule has 2 aromatic carbocycles. The molecule has 1 amide bonds. The third kappa shape index (κ3) is 6.05. The molecule has 3 aromatic rings. The molecule has 40 heavy (non-hydrogen) atoms. The first-order chi connectivity index (χ1) is 19.0. The maximum atomic E-state index is 13.1. The molecule has 0 unspecified atom stereocenters. The van der Waals surface area contributed by atoms with Crippen LogP contribution in [0.4, 0.5) is 13.2 Å². The van der Waals surface area contributed by atoms with E-state index >= 15 is 0 Å². The van der Waals surface area contributed by atoms with Crippen LogP contribution < -0.4 is 5.32 Å². The van der Waals surface area contributed by atoms with Crippen LogP contribution >= 0.6 is 0 Å². The minimum atomic E-state index is -4.12. The Morgan fingerprint density at radius 2 is 1.77 bits per heavy atom. The highest BCUT2D eigenvalue weighted by molar-refractivity contribution is 7.91. The van der Waals surface area contributed by atoms with Crippen LogP contribution in [0.1, 0.15) is 78.5 Å². The summed E-state index contributed by atoms with van der Waals surface area (Å²) >= 11 is 0. The van der Waals surface area contributed by atoms with E-state index < -0.39 is 21.9 Å². The highest BCUT2D eigenvalue weighted by Gasteiger charge is 2.41. The van der Waals surface area contributed by atoms with Crippen molar-refractivity contribution in [1.29, 1.82) is 0 Å². The fraction of sp³-hybridized carbons (Fsp3) is 0.517. The standard InChI is InChI=1S/C29H34F3N3O4S/c1-2-40(38,39)24-11-7-21(22(13-24)17-36)15-33-28(37)20-8-12-25-26(14-20)34-35(27(25)19-5-6-19)16-18-3-9-23(10-4-18)29(30,31)32/h7-8,11-14,18-19,23,36H,2-6,9-10,15-17H2,1H3,(H,33,37)/t18-,23-. The SMILES string of the molecule is CCS(=O)(=O)c1ccc(CNC(=O)c2ccc3c(C4CC4)n(C[C@H]4CC[C@H](C(F)(F)F)CC4)nc3c2)c(CO)c1. The topological polar surface area (TPSA) is 101 Å². The molecule has 2 fully saturated rings. The molecule has 0 aliphatic heterocycles. The fourth-order valence-corrected chi connectivity index (χ4v) is 6.63. The van der Waals surface area contributed by atoms with Crippen LogP contribution in [0.2, 0.25) is 0 Å². The van der Waals surface area contributed by atoms with E-state index in [-0.39, 0.29) is 48.5 Å². The lowest BCUT2D eigenvalue weighted by atomic mass is 9.81. The molecule has 2 saturated carbocycles. The number of hydrogen-bond acceptors (Lipinski definition) is 5. The van der Waals surface area contributed by atoms with Gasteiger partial charge in [-0.05, 0) is 79.8 Å². The summed E-state index contributed by atoms with van der Waals surface area (Å²) in [5, 5.41) is 18.4. The Morgan fingerprint density at radius 3 is 2.40 bits per heavy atom. The maximum Gasteiger partial charge on any atom is 0.391 e. The number of carbonyl (C=O) groups excluding carboxylic acids is 1. The summed E-state index contributed by atoms with van der Waals surface area (Å²) in [5.41, 5.74) is 3.26. The lowest BCUT2D eigenvalue weighted by molar-refractivity contribution is -0.184. The number of fused-ring (bicyclic) bond motifs is 1. The number of amides is 1. The number of aliphatic hydroxyl groups excluding tert-OH is 1. The first-order valence-electron chi connectivity index (χ1n) is 13.8. The van der Waals surface area contributed by atoms with E-state index in [0.29, 0.717) is 47.5 Å². The number of hydrogen-bond donors (Lipinski definition) is 2. The van der Waals surface area contributed by atoms with E-state index in [1.165, 1.54) is 12.1 Å². The summed E-state index contributed by atoms with van der Waals surface area (Å²) in [4.78, 5) is 13.1. The van der Waals surface area contributed by atoms with E-state index in [2.05, 4.69) is 5.32 Å². The molecule has 2 aliphatic carbocycles. The molecule has 0 atom stereocenters. The number of nitrogens with one attached hydrogen (secondary N) is 1. The second-order valence-corrected chi connectivity index (χ2v) is 13.3. The van der Waals surface area contributed by atoms with Gasteiger partial charge < -0.3 is 10.4 Å². The van der Waals surface area contributed by atoms with Crippen LogP contribution in [0, 0.1) is 11.8 Å². The molecule has 2 aliphatic rings. The van der Waals surface area contributed by atoms with Crippen molar-refractivity contribution < 1.29 is 31.5 Å². The molecule has 11 heteroatoms. The van der Waals surface area contributed by atoms with Crippen molar-refractivity contribution in [3.63, 3.8) is 0 Å². The van der Waals surface area contributed by atoms with Crippen molar-refractivity contribution >= 4 is 26.6 Å². The number of rotatable bonds is 9. The number of benzene rings is 2. The predicted molar refractivity (Wildman–Crippen MR) is 144 cm³/mol. The lowest BCUT2D eigenvalue weighted by Crippen LogP contribution is -2.29. The van der Waals surface area contributed by atoms with Gasteiger partial charge in [0.1, 0.15) is 0 Å². The number of halogens is 3. The number of sulfone groups is 1. The van der Waals surface area contributed by atoms with Crippen molar-refractivity contribution in [1.82, 2.24) is 15.1 Å². The van der Waals surface area contributed by atoms with Crippen molar-refractivity contribution in [3.05, 3.63) is 58.8 Å². The average molecular weight is 578 g/mol. The normalized spacial score (nSPS) is 20.1. The maximum absolute atomic E-state index is 13.1. The molecule has 7 nitrogen and oxygen atoms in total. The number of aromatic nitrogens is 2. The van der Waals surface area contributed by atoms with Gasteiger partial charge in [0.15, 0.2) is 9.84 Å². The van der Waals surface area contributed by atoms with Crippen LogP contribution in [-0.2, 0) is 29.5 Å². The molecule has 0 bridgehead atoms.